The minimum atomic E-state index is -0.701. The van der Waals surface area contributed by atoms with Crippen molar-refractivity contribution in [2.24, 2.45) is 0 Å². The number of amides is 1. The van der Waals surface area contributed by atoms with Crippen molar-refractivity contribution in [3.05, 3.63) is 60.2 Å². The molecule has 0 radical (unpaired) electrons. The van der Waals surface area contributed by atoms with Crippen molar-refractivity contribution in [3.63, 3.8) is 0 Å². The molecule has 108 valence electrons. The fourth-order valence-electron chi connectivity index (χ4n) is 2.52. The third-order valence-corrected chi connectivity index (χ3v) is 3.68. The number of pyridine rings is 1. The standard InChI is InChI=1S/C16H16FN3O/c17-15-14(7-4-8-18-15)16(21)20-11-9-19(10-12-20)13-5-2-1-3-6-13/h1-8H,9-12H2. The van der Waals surface area contributed by atoms with Crippen LogP contribution in [0.5, 0.6) is 0 Å². The number of carbonyl (C=O) groups excluding carboxylic acids is 1. The second-order valence-electron chi connectivity index (χ2n) is 4.96. The maximum absolute atomic E-state index is 13.6. The van der Waals surface area contributed by atoms with Crippen molar-refractivity contribution in [2.45, 2.75) is 0 Å². The highest BCUT2D eigenvalue weighted by Crippen LogP contribution is 2.17. The van der Waals surface area contributed by atoms with Gasteiger partial charge in [-0.05, 0) is 24.3 Å². The van der Waals surface area contributed by atoms with E-state index in [0.717, 1.165) is 18.8 Å². The van der Waals surface area contributed by atoms with Crippen LogP contribution in [0.15, 0.2) is 48.7 Å². The highest BCUT2D eigenvalue weighted by molar-refractivity contribution is 5.94. The fraction of sp³-hybridized carbons (Fsp3) is 0.250. The fourth-order valence-corrected chi connectivity index (χ4v) is 2.52. The number of piperazine rings is 1. The quantitative estimate of drug-likeness (QED) is 0.794. The monoisotopic (exact) mass is 285 g/mol. The number of nitrogens with zero attached hydrogens (tertiary/aromatic N) is 3. The van der Waals surface area contributed by atoms with E-state index in [9.17, 15) is 9.18 Å². The van der Waals surface area contributed by atoms with Crippen LogP contribution in [0.4, 0.5) is 10.1 Å². The Balaban J connectivity index is 1.66. The molecule has 0 unspecified atom stereocenters. The summed E-state index contributed by atoms with van der Waals surface area (Å²) >= 11 is 0. The summed E-state index contributed by atoms with van der Waals surface area (Å²) in [6.07, 6.45) is 1.35. The van der Waals surface area contributed by atoms with Crippen LogP contribution in [0.2, 0.25) is 0 Å². The Hall–Kier alpha value is -2.43. The molecule has 1 aliphatic heterocycles. The van der Waals surface area contributed by atoms with Crippen LogP contribution >= 0.6 is 0 Å². The zero-order valence-electron chi connectivity index (χ0n) is 11.6. The predicted octanol–water partition coefficient (Wildman–Crippen LogP) is 2.18. The minimum Gasteiger partial charge on any atom is -0.368 e. The molecule has 1 aromatic heterocycles. The van der Waals surface area contributed by atoms with Gasteiger partial charge in [-0.15, -0.1) is 0 Å². The van der Waals surface area contributed by atoms with Crippen LogP contribution in [0.1, 0.15) is 10.4 Å². The lowest BCUT2D eigenvalue weighted by Gasteiger charge is -2.36. The Morgan fingerprint density at radius 3 is 2.38 bits per heavy atom. The number of benzene rings is 1. The lowest BCUT2D eigenvalue weighted by molar-refractivity contribution is 0.0741. The van der Waals surface area contributed by atoms with Gasteiger partial charge in [-0.25, -0.2) is 4.98 Å². The zero-order chi connectivity index (χ0) is 14.7. The number of carbonyl (C=O) groups is 1. The van der Waals surface area contributed by atoms with Gasteiger partial charge in [0.05, 0.1) is 5.56 Å². The molecule has 0 N–H and O–H groups in total. The summed E-state index contributed by atoms with van der Waals surface area (Å²) in [6.45, 7) is 2.67. The number of anilines is 1. The van der Waals surface area contributed by atoms with E-state index in [-0.39, 0.29) is 11.5 Å². The molecule has 21 heavy (non-hydrogen) atoms. The molecule has 0 atom stereocenters. The molecule has 2 aromatic rings. The Morgan fingerprint density at radius 1 is 1.00 bits per heavy atom. The van der Waals surface area contributed by atoms with Gasteiger partial charge in [0.2, 0.25) is 5.95 Å². The van der Waals surface area contributed by atoms with E-state index in [0.29, 0.717) is 13.1 Å². The second kappa shape index (κ2) is 5.91. The Morgan fingerprint density at radius 2 is 1.71 bits per heavy atom. The van der Waals surface area contributed by atoms with Gasteiger partial charge in [0, 0.05) is 38.1 Å². The van der Waals surface area contributed by atoms with Crippen LogP contribution in [0.3, 0.4) is 0 Å². The number of halogens is 1. The second-order valence-corrected chi connectivity index (χ2v) is 4.96. The molecule has 4 nitrogen and oxygen atoms in total. The highest BCUT2D eigenvalue weighted by atomic mass is 19.1. The average molecular weight is 285 g/mol. The van der Waals surface area contributed by atoms with E-state index in [2.05, 4.69) is 22.0 Å². The van der Waals surface area contributed by atoms with Gasteiger partial charge < -0.3 is 9.80 Å². The van der Waals surface area contributed by atoms with Crippen molar-refractivity contribution in [2.75, 3.05) is 31.1 Å². The van der Waals surface area contributed by atoms with E-state index < -0.39 is 5.95 Å². The lowest BCUT2D eigenvalue weighted by atomic mass is 10.2. The molecular weight excluding hydrogens is 269 g/mol. The summed E-state index contributed by atoms with van der Waals surface area (Å²) in [5.41, 5.74) is 1.20. The zero-order valence-corrected chi connectivity index (χ0v) is 11.6. The van der Waals surface area contributed by atoms with Crippen molar-refractivity contribution >= 4 is 11.6 Å². The van der Waals surface area contributed by atoms with Gasteiger partial charge in [0.1, 0.15) is 0 Å². The molecule has 0 aliphatic carbocycles. The maximum atomic E-state index is 13.6. The first-order valence-corrected chi connectivity index (χ1v) is 6.95. The van der Waals surface area contributed by atoms with Crippen LogP contribution in [-0.2, 0) is 0 Å². The van der Waals surface area contributed by atoms with Gasteiger partial charge >= 0.3 is 0 Å². The van der Waals surface area contributed by atoms with E-state index in [1.807, 2.05) is 18.2 Å². The number of hydrogen-bond acceptors (Lipinski definition) is 3. The van der Waals surface area contributed by atoms with E-state index >= 15 is 0 Å². The summed E-state index contributed by atoms with van der Waals surface area (Å²) in [6, 6.07) is 13.1. The van der Waals surface area contributed by atoms with Crippen LogP contribution in [0, 0.1) is 5.95 Å². The normalized spacial score (nSPS) is 15.1. The Kier molecular flexibility index (Phi) is 3.81. The number of hydrogen-bond donors (Lipinski definition) is 0. The first-order valence-electron chi connectivity index (χ1n) is 6.95. The first-order chi connectivity index (χ1) is 10.3. The summed E-state index contributed by atoms with van der Waals surface area (Å²) < 4.78 is 13.6. The molecule has 0 spiro atoms. The Bertz CT molecular complexity index is 624. The highest BCUT2D eigenvalue weighted by Gasteiger charge is 2.24. The molecule has 0 bridgehead atoms. The summed E-state index contributed by atoms with van der Waals surface area (Å²) in [5, 5.41) is 0. The SMILES string of the molecule is O=C(c1cccnc1F)N1CCN(c2ccccc2)CC1. The van der Waals surface area contributed by atoms with Crippen LogP contribution in [0.25, 0.3) is 0 Å². The van der Waals surface area contributed by atoms with Gasteiger partial charge in [-0.3, -0.25) is 4.79 Å². The van der Waals surface area contributed by atoms with Crippen LogP contribution in [-0.4, -0.2) is 42.0 Å². The number of para-hydroxylation sites is 1. The molecule has 1 amide bonds. The lowest BCUT2D eigenvalue weighted by Crippen LogP contribution is -2.49. The number of rotatable bonds is 2. The summed E-state index contributed by atoms with van der Waals surface area (Å²) in [5.74, 6) is -0.985. The third kappa shape index (κ3) is 2.86. The largest absolute Gasteiger partial charge is 0.368 e. The third-order valence-electron chi connectivity index (χ3n) is 3.68. The van der Waals surface area contributed by atoms with Gasteiger partial charge in [-0.2, -0.15) is 4.39 Å². The minimum absolute atomic E-state index is 0.0469. The first kappa shape index (κ1) is 13.5. The summed E-state index contributed by atoms with van der Waals surface area (Å²) in [7, 11) is 0. The molecule has 1 saturated heterocycles. The molecule has 1 aliphatic rings. The topological polar surface area (TPSA) is 36.4 Å². The van der Waals surface area contributed by atoms with Gasteiger partial charge in [0.15, 0.2) is 0 Å². The van der Waals surface area contributed by atoms with Gasteiger partial charge in [-0.1, -0.05) is 18.2 Å². The van der Waals surface area contributed by atoms with Crippen molar-refractivity contribution in [1.29, 1.82) is 0 Å². The smallest absolute Gasteiger partial charge is 0.258 e. The van der Waals surface area contributed by atoms with Crippen molar-refractivity contribution in [3.8, 4) is 0 Å². The maximum Gasteiger partial charge on any atom is 0.258 e. The molecule has 2 heterocycles. The Labute approximate surface area is 122 Å². The molecular formula is C16H16FN3O. The van der Waals surface area contributed by atoms with Gasteiger partial charge in [0.25, 0.3) is 5.91 Å². The molecule has 5 heteroatoms. The molecule has 0 saturated carbocycles. The molecule has 1 fully saturated rings. The van der Waals surface area contributed by atoms with Crippen LogP contribution < -0.4 is 4.90 Å². The van der Waals surface area contributed by atoms with E-state index in [1.165, 1.54) is 12.3 Å². The summed E-state index contributed by atoms with van der Waals surface area (Å²) in [4.78, 5) is 19.7. The number of aromatic nitrogens is 1. The van der Waals surface area contributed by atoms with Crippen molar-refractivity contribution in [1.82, 2.24) is 9.88 Å². The van der Waals surface area contributed by atoms with E-state index in [4.69, 9.17) is 0 Å². The predicted molar refractivity (Wildman–Crippen MR) is 78.8 cm³/mol. The van der Waals surface area contributed by atoms with Crippen molar-refractivity contribution < 1.29 is 9.18 Å². The average Bonchev–Trinajstić information content (AvgIpc) is 2.56. The van der Waals surface area contributed by atoms with E-state index in [1.54, 1.807) is 11.0 Å². The molecule has 1 aromatic carbocycles. The molecule has 3 rings (SSSR count).